The Morgan fingerprint density at radius 1 is 1.32 bits per heavy atom. The van der Waals surface area contributed by atoms with E-state index >= 15 is 0 Å². The molecule has 25 heavy (non-hydrogen) atoms. The number of rotatable bonds is 4. The maximum absolute atomic E-state index is 12.3. The van der Waals surface area contributed by atoms with Crippen molar-refractivity contribution in [3.63, 3.8) is 0 Å². The fourth-order valence-electron chi connectivity index (χ4n) is 2.66. The van der Waals surface area contributed by atoms with E-state index in [9.17, 15) is 18.3 Å². The van der Waals surface area contributed by atoms with Crippen LogP contribution in [0.2, 0.25) is 0 Å². The van der Waals surface area contributed by atoms with Crippen LogP contribution in [0.25, 0.3) is 0 Å². The molecule has 0 bridgehead atoms. The van der Waals surface area contributed by atoms with Crippen molar-refractivity contribution in [3.05, 3.63) is 65.6 Å². The van der Waals surface area contributed by atoms with Crippen molar-refractivity contribution in [1.29, 1.82) is 0 Å². The smallest absolute Gasteiger partial charge is 0.269 e. The van der Waals surface area contributed by atoms with Gasteiger partial charge in [-0.2, -0.15) is 0 Å². The predicted molar refractivity (Wildman–Crippen MR) is 94.9 cm³/mol. The van der Waals surface area contributed by atoms with Crippen molar-refractivity contribution in [3.8, 4) is 0 Å². The maximum Gasteiger partial charge on any atom is 0.269 e. The van der Waals surface area contributed by atoms with Gasteiger partial charge >= 0.3 is 0 Å². The Kier molecular flexibility index (Phi) is 4.59. The Balaban J connectivity index is 1.65. The number of aliphatic hydroxyl groups is 1. The number of benzene rings is 1. The van der Waals surface area contributed by atoms with Crippen LogP contribution in [0.3, 0.4) is 0 Å². The van der Waals surface area contributed by atoms with Gasteiger partial charge in [-0.15, -0.1) is 0 Å². The topological polar surface area (TPSA) is 95.8 Å². The molecule has 0 aromatic heterocycles. The van der Waals surface area contributed by atoms with E-state index in [4.69, 9.17) is 0 Å². The third kappa shape index (κ3) is 3.88. The van der Waals surface area contributed by atoms with Crippen LogP contribution in [0.15, 0.2) is 69.9 Å². The molecule has 0 saturated carbocycles. The van der Waals surface area contributed by atoms with E-state index in [-0.39, 0.29) is 34.7 Å². The first kappa shape index (κ1) is 17.2. The number of hydrogen-bond donors (Lipinski definition) is 2. The van der Waals surface area contributed by atoms with Gasteiger partial charge in [-0.1, -0.05) is 30.4 Å². The van der Waals surface area contributed by atoms with Gasteiger partial charge in [-0.05, 0) is 30.2 Å². The average Bonchev–Trinajstić information content (AvgIpc) is 2.59. The lowest BCUT2D eigenvalue weighted by atomic mass is 9.91. The lowest BCUT2D eigenvalue weighted by Crippen LogP contribution is -2.28. The molecule has 1 amide bonds. The Morgan fingerprint density at radius 2 is 2.04 bits per heavy atom. The zero-order valence-electron chi connectivity index (χ0n) is 13.6. The number of carbonyl (C=O) groups is 1. The molecule has 2 aliphatic rings. The molecule has 1 atom stereocenters. The minimum atomic E-state index is -3.23. The maximum atomic E-state index is 12.3. The summed E-state index contributed by atoms with van der Waals surface area (Å²) in [6.07, 6.45) is 8.78. The van der Waals surface area contributed by atoms with Crippen molar-refractivity contribution in [2.24, 2.45) is 10.9 Å². The molecule has 2 N–H and O–H groups in total. The quantitative estimate of drug-likeness (QED) is 0.861. The monoisotopic (exact) mass is 358 g/mol. The Bertz CT molecular complexity index is 922. The SMILES string of the molecule is CS(=O)(=O)c1ccc(CNC(=O)C2=CCC3C=CC=C(O)C3=N2)cc1. The second-order valence-corrected chi connectivity index (χ2v) is 7.98. The van der Waals surface area contributed by atoms with Crippen molar-refractivity contribution in [2.45, 2.75) is 17.9 Å². The highest BCUT2D eigenvalue weighted by Crippen LogP contribution is 2.25. The molecule has 1 unspecified atom stereocenters. The number of carbonyl (C=O) groups excluding carboxylic acids is 1. The number of aliphatic hydroxyl groups excluding tert-OH is 1. The number of hydrogen-bond acceptors (Lipinski definition) is 5. The van der Waals surface area contributed by atoms with E-state index in [0.29, 0.717) is 12.1 Å². The number of allylic oxidation sites excluding steroid dienone is 5. The summed E-state index contributed by atoms with van der Waals surface area (Å²) >= 11 is 0. The molecule has 1 aliphatic heterocycles. The molecule has 130 valence electrons. The van der Waals surface area contributed by atoms with Crippen LogP contribution in [0.5, 0.6) is 0 Å². The molecule has 1 heterocycles. The summed E-state index contributed by atoms with van der Waals surface area (Å²) in [6, 6.07) is 6.35. The predicted octanol–water partition coefficient (Wildman–Crippen LogP) is 2.06. The molecule has 0 saturated heterocycles. The normalized spacial score (nSPS) is 19.4. The molecule has 0 fully saturated rings. The van der Waals surface area contributed by atoms with Gasteiger partial charge in [0.25, 0.3) is 5.91 Å². The highest BCUT2D eigenvalue weighted by atomic mass is 32.2. The van der Waals surface area contributed by atoms with Crippen molar-refractivity contribution < 1.29 is 18.3 Å². The molecular formula is C18H18N2O4S. The van der Waals surface area contributed by atoms with E-state index in [0.717, 1.165) is 11.8 Å². The van der Waals surface area contributed by atoms with Crippen LogP contribution in [0, 0.1) is 5.92 Å². The first-order chi connectivity index (χ1) is 11.8. The van der Waals surface area contributed by atoms with Crippen LogP contribution < -0.4 is 5.32 Å². The Labute approximate surface area is 146 Å². The molecule has 7 heteroatoms. The second-order valence-electron chi connectivity index (χ2n) is 5.96. The third-order valence-electron chi connectivity index (χ3n) is 4.05. The van der Waals surface area contributed by atoms with Crippen LogP contribution in [0.1, 0.15) is 12.0 Å². The van der Waals surface area contributed by atoms with Crippen LogP contribution >= 0.6 is 0 Å². The van der Waals surface area contributed by atoms with Crippen molar-refractivity contribution in [2.75, 3.05) is 6.26 Å². The summed E-state index contributed by atoms with van der Waals surface area (Å²) in [6.45, 7) is 0.260. The lowest BCUT2D eigenvalue weighted by Gasteiger charge is -2.21. The van der Waals surface area contributed by atoms with Gasteiger partial charge in [-0.25, -0.2) is 13.4 Å². The van der Waals surface area contributed by atoms with Crippen molar-refractivity contribution >= 4 is 21.5 Å². The van der Waals surface area contributed by atoms with E-state index in [2.05, 4.69) is 10.3 Å². The minimum Gasteiger partial charge on any atom is -0.506 e. The van der Waals surface area contributed by atoms with Gasteiger partial charge in [0.1, 0.15) is 11.5 Å². The molecule has 0 radical (unpaired) electrons. The number of fused-ring (bicyclic) bond motifs is 1. The average molecular weight is 358 g/mol. The van der Waals surface area contributed by atoms with E-state index in [1.54, 1.807) is 30.4 Å². The highest BCUT2D eigenvalue weighted by molar-refractivity contribution is 7.90. The molecule has 1 aliphatic carbocycles. The third-order valence-corrected chi connectivity index (χ3v) is 5.18. The fraction of sp³-hybridized carbons (Fsp3) is 0.222. The number of nitrogens with one attached hydrogen (secondary N) is 1. The van der Waals surface area contributed by atoms with Gasteiger partial charge in [0.2, 0.25) is 0 Å². The van der Waals surface area contributed by atoms with Crippen molar-refractivity contribution in [1.82, 2.24) is 5.32 Å². The minimum absolute atomic E-state index is 0.00471. The molecule has 1 aromatic carbocycles. The van der Waals surface area contributed by atoms with Crippen LogP contribution in [-0.4, -0.2) is 31.4 Å². The van der Waals surface area contributed by atoms with Gasteiger partial charge < -0.3 is 10.4 Å². The van der Waals surface area contributed by atoms with E-state index in [1.165, 1.54) is 12.1 Å². The van der Waals surface area contributed by atoms with E-state index < -0.39 is 9.84 Å². The molecule has 6 nitrogen and oxygen atoms in total. The summed E-state index contributed by atoms with van der Waals surface area (Å²) < 4.78 is 22.9. The number of nitrogens with zero attached hydrogens (tertiary/aromatic N) is 1. The molecular weight excluding hydrogens is 340 g/mol. The number of amides is 1. The first-order valence-electron chi connectivity index (χ1n) is 7.78. The highest BCUT2D eigenvalue weighted by Gasteiger charge is 2.24. The zero-order chi connectivity index (χ0) is 18.0. The van der Waals surface area contributed by atoms with Gasteiger partial charge in [0.15, 0.2) is 9.84 Å². The fourth-order valence-corrected chi connectivity index (χ4v) is 3.29. The standard InChI is InChI=1S/C18H18N2O4S/c1-25(23,24)14-8-5-12(6-9-14)11-19-18(22)15-10-7-13-3-2-4-16(21)17(13)20-15/h2-6,8-10,13,21H,7,11H2,1H3,(H,19,22). The second kappa shape index (κ2) is 6.68. The summed E-state index contributed by atoms with van der Waals surface area (Å²) in [5.41, 5.74) is 1.56. The lowest BCUT2D eigenvalue weighted by molar-refractivity contribution is -0.117. The number of aliphatic imine (C=N–C) groups is 1. The Morgan fingerprint density at radius 3 is 2.72 bits per heavy atom. The zero-order valence-corrected chi connectivity index (χ0v) is 14.5. The summed E-state index contributed by atoms with van der Waals surface area (Å²) in [7, 11) is -3.23. The molecule has 0 spiro atoms. The van der Waals surface area contributed by atoms with E-state index in [1.807, 2.05) is 6.08 Å². The number of sulfone groups is 1. The summed E-state index contributed by atoms with van der Waals surface area (Å²) in [5.74, 6) is -0.243. The largest absolute Gasteiger partial charge is 0.506 e. The molecule has 3 rings (SSSR count). The van der Waals surface area contributed by atoms with Crippen LogP contribution in [0.4, 0.5) is 0 Å². The molecule has 1 aromatic rings. The van der Waals surface area contributed by atoms with Gasteiger partial charge in [-0.3, -0.25) is 4.79 Å². The summed E-state index contributed by atoms with van der Waals surface area (Å²) in [5, 5.41) is 12.6. The Hall–Kier alpha value is -2.67. The van der Waals surface area contributed by atoms with Gasteiger partial charge in [0, 0.05) is 18.7 Å². The van der Waals surface area contributed by atoms with Crippen LogP contribution in [-0.2, 0) is 21.2 Å². The first-order valence-corrected chi connectivity index (χ1v) is 9.67. The van der Waals surface area contributed by atoms with Gasteiger partial charge in [0.05, 0.1) is 10.6 Å². The summed E-state index contributed by atoms with van der Waals surface area (Å²) in [4.78, 5) is 16.8.